The van der Waals surface area contributed by atoms with Crippen LogP contribution in [0.1, 0.15) is 10.6 Å². The number of hydrogen-bond donors (Lipinski definition) is 0. The molecule has 0 saturated heterocycles. The zero-order valence-corrected chi connectivity index (χ0v) is 15.6. The van der Waals surface area contributed by atoms with Gasteiger partial charge in [0.25, 0.3) is 0 Å². The maximum absolute atomic E-state index is 11.5. The first-order valence-electron chi connectivity index (χ1n) is 7.13. The van der Waals surface area contributed by atoms with Crippen molar-refractivity contribution in [2.45, 2.75) is 9.79 Å². The van der Waals surface area contributed by atoms with Crippen molar-refractivity contribution in [2.24, 2.45) is 0 Å². The number of hydrogen-bond acceptors (Lipinski definition) is 9. The Morgan fingerprint density at radius 3 is 2.37 bits per heavy atom. The van der Waals surface area contributed by atoms with Crippen LogP contribution < -0.4 is 0 Å². The average Bonchev–Trinajstić information content (AvgIpc) is 3.01. The third-order valence-corrected chi connectivity index (χ3v) is 6.28. The van der Waals surface area contributed by atoms with E-state index in [0.29, 0.717) is 16.6 Å². The summed E-state index contributed by atoms with van der Waals surface area (Å²) in [6.45, 7) is 0. The van der Waals surface area contributed by atoms with Crippen LogP contribution in [0.4, 0.5) is 0 Å². The summed E-state index contributed by atoms with van der Waals surface area (Å²) >= 11 is 1.19. The maximum atomic E-state index is 11.5. The van der Waals surface area contributed by atoms with E-state index in [1.165, 1.54) is 11.3 Å². The molecule has 0 atom stereocenters. The van der Waals surface area contributed by atoms with Gasteiger partial charge in [-0.1, -0.05) is 18.2 Å². The fourth-order valence-electron chi connectivity index (χ4n) is 2.29. The second-order valence-corrected chi connectivity index (χ2v) is 9.02. The fraction of sp³-hybridized carbons (Fsp3) is 0. The van der Waals surface area contributed by atoms with Crippen LogP contribution in [0.2, 0.25) is 0 Å². The van der Waals surface area contributed by atoms with Gasteiger partial charge in [-0.05, 0) is 35.9 Å². The second-order valence-electron chi connectivity index (χ2n) is 5.26. The van der Waals surface area contributed by atoms with Gasteiger partial charge in [-0.15, -0.1) is 11.3 Å². The lowest BCUT2D eigenvalue weighted by Crippen LogP contribution is -2.05. The minimum Gasteiger partial charge on any atom is -0.744 e. The molecule has 0 spiro atoms. The second kappa shape index (κ2) is 6.84. The molecule has 1 heterocycles. The molecule has 0 fully saturated rings. The number of benzene rings is 2. The molecule has 0 N–H and O–H groups in total. The molecule has 11 heteroatoms. The van der Waals surface area contributed by atoms with E-state index in [9.17, 15) is 31.2 Å². The highest BCUT2D eigenvalue weighted by Crippen LogP contribution is 2.30. The van der Waals surface area contributed by atoms with Gasteiger partial charge in [0.2, 0.25) is 0 Å². The Bertz CT molecular complexity index is 1300. The van der Waals surface area contributed by atoms with E-state index in [2.05, 4.69) is 4.98 Å². The molecule has 0 amide bonds. The number of para-hydroxylation sites is 1. The van der Waals surface area contributed by atoms with E-state index in [1.54, 1.807) is 24.3 Å². The van der Waals surface area contributed by atoms with Crippen LogP contribution in [0.3, 0.4) is 0 Å². The molecule has 0 unspecified atom stereocenters. The van der Waals surface area contributed by atoms with Gasteiger partial charge in [-0.2, -0.15) is 5.26 Å². The van der Waals surface area contributed by atoms with Crippen molar-refractivity contribution >= 4 is 53.4 Å². The lowest BCUT2D eigenvalue weighted by molar-refractivity contribution is 0.461. The molecule has 8 nitrogen and oxygen atoms in total. The third kappa shape index (κ3) is 4.05. The monoisotopic (exact) mass is 420 g/mol. The van der Waals surface area contributed by atoms with E-state index in [1.807, 2.05) is 6.07 Å². The minimum absolute atomic E-state index is 0.0150. The van der Waals surface area contributed by atoms with Crippen molar-refractivity contribution in [3.8, 4) is 6.07 Å². The van der Waals surface area contributed by atoms with E-state index < -0.39 is 30.0 Å². The Balaban J connectivity index is 2.21. The standard InChI is InChI=1S/C16H10N2O6S3/c17-9-11(16-18-13-3-1-2-4-14(13)25-16)7-10-5-6-12(26(19,20)21)8-15(10)27(22,23)24/h1-8H,(H,19,20,21)(H,22,23,24)/p-2. The molecule has 138 valence electrons. The third-order valence-electron chi connectivity index (χ3n) is 3.49. The summed E-state index contributed by atoms with van der Waals surface area (Å²) in [6, 6.07) is 11.3. The quantitative estimate of drug-likeness (QED) is 0.460. The van der Waals surface area contributed by atoms with Crippen molar-refractivity contribution in [1.82, 2.24) is 4.98 Å². The van der Waals surface area contributed by atoms with E-state index >= 15 is 0 Å². The SMILES string of the molecule is N#CC(=Cc1ccc(S(=O)(=O)[O-])cc1S(=O)(=O)[O-])c1nc2ccccc2s1. The smallest absolute Gasteiger partial charge is 0.135 e. The topological polar surface area (TPSA) is 151 Å². The predicted octanol–water partition coefficient (Wildman–Crippen LogP) is 2.17. The minimum atomic E-state index is -5.10. The largest absolute Gasteiger partial charge is 0.744 e. The van der Waals surface area contributed by atoms with E-state index in [-0.39, 0.29) is 11.1 Å². The molecule has 2 aromatic carbocycles. The first-order chi connectivity index (χ1) is 12.6. The molecule has 0 aliphatic heterocycles. The van der Waals surface area contributed by atoms with Crippen molar-refractivity contribution in [3.63, 3.8) is 0 Å². The molecule has 0 aliphatic carbocycles. The van der Waals surface area contributed by atoms with Gasteiger partial charge in [0, 0.05) is 0 Å². The van der Waals surface area contributed by atoms with Gasteiger partial charge in [-0.25, -0.2) is 21.8 Å². The summed E-state index contributed by atoms with van der Waals surface area (Å²) in [5.74, 6) is 0. The summed E-state index contributed by atoms with van der Waals surface area (Å²) in [5, 5.41) is 9.72. The van der Waals surface area contributed by atoms with Crippen molar-refractivity contribution in [3.05, 3.63) is 53.0 Å². The number of nitriles is 1. The van der Waals surface area contributed by atoms with Gasteiger partial charge < -0.3 is 9.11 Å². The molecule has 0 bridgehead atoms. The number of fused-ring (bicyclic) bond motifs is 1. The molecule has 1 aromatic heterocycles. The van der Waals surface area contributed by atoms with Gasteiger partial charge in [-0.3, -0.25) is 0 Å². The van der Waals surface area contributed by atoms with Gasteiger partial charge >= 0.3 is 0 Å². The van der Waals surface area contributed by atoms with Crippen LogP contribution >= 0.6 is 11.3 Å². The number of allylic oxidation sites excluding steroid dienone is 1. The Morgan fingerprint density at radius 1 is 1.07 bits per heavy atom. The maximum Gasteiger partial charge on any atom is 0.135 e. The fourth-order valence-corrected chi connectivity index (χ4v) is 4.48. The molecular formula is C16H8N2O6S3-2. The van der Waals surface area contributed by atoms with Crippen molar-refractivity contribution in [1.29, 1.82) is 5.26 Å². The Morgan fingerprint density at radius 2 is 1.78 bits per heavy atom. The summed E-state index contributed by atoms with van der Waals surface area (Å²) in [7, 11) is -10.1. The van der Waals surface area contributed by atoms with Crippen LogP contribution in [-0.2, 0) is 20.2 Å². The molecule has 0 aliphatic rings. The Labute approximate surface area is 158 Å². The summed E-state index contributed by atoms with van der Waals surface area (Å²) in [4.78, 5) is 2.52. The summed E-state index contributed by atoms with van der Waals surface area (Å²) in [5.41, 5.74) is 0.412. The predicted molar refractivity (Wildman–Crippen MR) is 95.5 cm³/mol. The lowest BCUT2D eigenvalue weighted by atomic mass is 10.1. The molecule has 3 aromatic rings. The van der Waals surface area contributed by atoms with Crippen molar-refractivity contribution < 1.29 is 25.9 Å². The highest BCUT2D eigenvalue weighted by atomic mass is 32.2. The van der Waals surface area contributed by atoms with Crippen LogP contribution in [0.15, 0.2) is 52.3 Å². The lowest BCUT2D eigenvalue weighted by Gasteiger charge is -2.14. The van der Waals surface area contributed by atoms with Crippen molar-refractivity contribution in [2.75, 3.05) is 0 Å². The molecule has 0 saturated carbocycles. The molecule has 3 rings (SSSR count). The van der Waals surface area contributed by atoms with Crippen LogP contribution in [0.25, 0.3) is 21.9 Å². The van der Waals surface area contributed by atoms with Gasteiger partial charge in [0.1, 0.15) is 31.3 Å². The molecule has 27 heavy (non-hydrogen) atoms. The summed E-state index contributed by atoms with van der Waals surface area (Å²) < 4.78 is 68.6. The number of aromatic nitrogens is 1. The Kier molecular flexibility index (Phi) is 4.85. The Hall–Kier alpha value is -2.62. The zero-order chi connectivity index (χ0) is 19.8. The first-order valence-corrected chi connectivity index (χ1v) is 10.8. The van der Waals surface area contributed by atoms with E-state index in [0.717, 1.165) is 22.9 Å². The first kappa shape index (κ1) is 19.2. The van der Waals surface area contributed by atoms with Crippen LogP contribution in [-0.4, -0.2) is 30.9 Å². The number of rotatable bonds is 4. The van der Waals surface area contributed by atoms with Gasteiger partial charge in [0.15, 0.2) is 0 Å². The summed E-state index contributed by atoms with van der Waals surface area (Å²) in [6.07, 6.45) is 1.11. The van der Waals surface area contributed by atoms with E-state index in [4.69, 9.17) is 0 Å². The van der Waals surface area contributed by atoms with Gasteiger partial charge in [0.05, 0.1) is 25.6 Å². The molecule has 0 radical (unpaired) electrons. The average molecular weight is 420 g/mol. The number of thiazole rings is 1. The normalized spacial score (nSPS) is 12.9. The zero-order valence-electron chi connectivity index (χ0n) is 13.2. The van der Waals surface area contributed by atoms with Crippen LogP contribution in [0.5, 0.6) is 0 Å². The van der Waals surface area contributed by atoms with Crippen LogP contribution in [0, 0.1) is 11.3 Å². The highest BCUT2D eigenvalue weighted by molar-refractivity contribution is 7.86. The highest BCUT2D eigenvalue weighted by Gasteiger charge is 2.14. The molecular weight excluding hydrogens is 412 g/mol. The number of nitrogens with zero attached hydrogens (tertiary/aromatic N) is 2.